The first-order valence-electron chi connectivity index (χ1n) is 15.5. The van der Waals surface area contributed by atoms with E-state index >= 15 is 0 Å². The molecule has 0 heterocycles. The summed E-state index contributed by atoms with van der Waals surface area (Å²) < 4.78 is 11.9. The van der Waals surface area contributed by atoms with E-state index in [1.807, 2.05) is 37.3 Å². The Morgan fingerprint density at radius 2 is 1.63 bits per heavy atom. The second-order valence-electron chi connectivity index (χ2n) is 11.3. The fourth-order valence-electron chi connectivity index (χ4n) is 5.44. The van der Waals surface area contributed by atoms with Crippen LogP contribution in [0, 0.1) is 11.8 Å². The number of aromatic hydroxyl groups is 1. The van der Waals surface area contributed by atoms with Gasteiger partial charge < -0.3 is 19.7 Å². The number of phenols is 1. The molecular formula is C36H44O6S. The Balaban J connectivity index is 1.28. The van der Waals surface area contributed by atoms with Crippen molar-refractivity contribution in [2.45, 2.75) is 70.5 Å². The second-order valence-corrected chi connectivity index (χ2v) is 12.5. The zero-order valence-electron chi connectivity index (χ0n) is 25.3. The van der Waals surface area contributed by atoms with Gasteiger partial charge in [-0.05, 0) is 92.5 Å². The molecule has 1 fully saturated rings. The fourth-order valence-corrected chi connectivity index (χ4v) is 6.96. The predicted octanol–water partition coefficient (Wildman–Crippen LogP) is 8.30. The van der Waals surface area contributed by atoms with Crippen LogP contribution in [0.4, 0.5) is 0 Å². The van der Waals surface area contributed by atoms with Crippen molar-refractivity contribution in [3.63, 3.8) is 0 Å². The largest absolute Gasteiger partial charge is 0.507 e. The number of aliphatic carboxylic acids is 1. The summed E-state index contributed by atoms with van der Waals surface area (Å²) in [7, 11) is 0. The van der Waals surface area contributed by atoms with E-state index in [2.05, 4.69) is 24.3 Å². The standard InChI is InChI=1S/C36H44O6S/c1-3-10-31-32(21-20-30(25(2)37)34(31)38)42-23-9-22-41-29-18-16-28(17-19-29)35(33(36(39)40)27-14-15-27)43-24-8-7-13-26-11-5-4-6-12-26/h4-6,11-12,16-21,27,33,35,38H,3,7-10,13-15,22-24H2,1-2H3,(H,39,40). The Hall–Kier alpha value is -3.45. The number of ketones is 1. The quantitative estimate of drug-likeness (QED) is 0.105. The van der Waals surface area contributed by atoms with Crippen molar-refractivity contribution in [1.29, 1.82) is 0 Å². The van der Waals surface area contributed by atoms with Crippen LogP contribution >= 0.6 is 11.8 Å². The molecule has 0 aromatic heterocycles. The number of unbranched alkanes of at least 4 members (excludes halogenated alkanes) is 1. The number of ether oxygens (including phenoxy) is 2. The van der Waals surface area contributed by atoms with Crippen molar-refractivity contribution in [3.8, 4) is 17.2 Å². The van der Waals surface area contributed by atoms with Crippen molar-refractivity contribution >= 4 is 23.5 Å². The van der Waals surface area contributed by atoms with E-state index in [-0.39, 0.29) is 28.6 Å². The van der Waals surface area contributed by atoms with E-state index in [9.17, 15) is 19.8 Å². The van der Waals surface area contributed by atoms with Gasteiger partial charge in [0.15, 0.2) is 5.78 Å². The monoisotopic (exact) mass is 604 g/mol. The molecule has 0 aliphatic heterocycles. The van der Waals surface area contributed by atoms with Gasteiger partial charge in [0.25, 0.3) is 0 Å². The first-order chi connectivity index (χ1) is 20.9. The highest BCUT2D eigenvalue weighted by Crippen LogP contribution is 2.49. The highest BCUT2D eigenvalue weighted by molar-refractivity contribution is 7.99. The van der Waals surface area contributed by atoms with Crippen LogP contribution in [0.15, 0.2) is 66.7 Å². The summed E-state index contributed by atoms with van der Waals surface area (Å²) in [6, 6.07) is 21.8. The van der Waals surface area contributed by atoms with Crippen molar-refractivity contribution in [2.75, 3.05) is 19.0 Å². The van der Waals surface area contributed by atoms with E-state index in [0.29, 0.717) is 42.9 Å². The number of carboxylic acids is 1. The number of carbonyl (C=O) groups is 2. The van der Waals surface area contributed by atoms with Gasteiger partial charge in [0.2, 0.25) is 0 Å². The third-order valence-electron chi connectivity index (χ3n) is 7.88. The van der Waals surface area contributed by atoms with Gasteiger partial charge in [-0.3, -0.25) is 9.59 Å². The molecule has 6 nitrogen and oxygen atoms in total. The van der Waals surface area contributed by atoms with Gasteiger partial charge in [-0.1, -0.05) is 55.8 Å². The van der Waals surface area contributed by atoms with Crippen molar-refractivity contribution in [3.05, 3.63) is 89.0 Å². The smallest absolute Gasteiger partial charge is 0.308 e. The Labute approximate surface area is 259 Å². The van der Waals surface area contributed by atoms with E-state index in [4.69, 9.17) is 9.47 Å². The van der Waals surface area contributed by atoms with Crippen LogP contribution in [0.3, 0.4) is 0 Å². The number of hydrogen-bond acceptors (Lipinski definition) is 6. The number of carboxylic acid groups (broad SMARTS) is 1. The van der Waals surface area contributed by atoms with Gasteiger partial charge >= 0.3 is 5.97 Å². The molecule has 2 atom stereocenters. The van der Waals surface area contributed by atoms with Crippen LogP contribution in [0.5, 0.6) is 17.2 Å². The third-order valence-corrected chi connectivity index (χ3v) is 9.33. The minimum absolute atomic E-state index is 0.0127. The maximum absolute atomic E-state index is 12.3. The van der Waals surface area contributed by atoms with Gasteiger partial charge in [-0.15, -0.1) is 0 Å². The first kappa shape index (κ1) is 32.5. The van der Waals surface area contributed by atoms with Crippen LogP contribution in [0.2, 0.25) is 0 Å². The number of aryl methyl sites for hydroxylation is 1. The van der Waals surface area contributed by atoms with Gasteiger partial charge in [0, 0.05) is 17.2 Å². The first-order valence-corrected chi connectivity index (χ1v) is 16.5. The van der Waals surface area contributed by atoms with Gasteiger partial charge in [-0.2, -0.15) is 11.8 Å². The Morgan fingerprint density at radius 1 is 0.907 bits per heavy atom. The molecule has 2 N–H and O–H groups in total. The zero-order valence-corrected chi connectivity index (χ0v) is 26.1. The molecule has 2 unspecified atom stereocenters. The number of benzene rings is 3. The van der Waals surface area contributed by atoms with E-state index < -0.39 is 5.97 Å². The number of phenolic OH excluding ortho intramolecular Hbond substituents is 1. The second kappa shape index (κ2) is 16.4. The molecule has 0 saturated heterocycles. The molecule has 230 valence electrons. The van der Waals surface area contributed by atoms with Gasteiger partial charge in [-0.25, -0.2) is 0 Å². The number of thioether (sulfide) groups is 1. The molecule has 43 heavy (non-hydrogen) atoms. The highest BCUT2D eigenvalue weighted by Gasteiger charge is 2.42. The number of rotatable bonds is 19. The van der Waals surface area contributed by atoms with Crippen molar-refractivity contribution in [1.82, 2.24) is 0 Å². The lowest BCUT2D eigenvalue weighted by Crippen LogP contribution is -2.22. The number of carbonyl (C=O) groups excluding carboxylic acids is 1. The molecule has 0 spiro atoms. The van der Waals surface area contributed by atoms with Gasteiger partial charge in [0.05, 0.1) is 24.7 Å². The van der Waals surface area contributed by atoms with Gasteiger partial charge in [0.1, 0.15) is 17.2 Å². The molecule has 0 amide bonds. The summed E-state index contributed by atoms with van der Waals surface area (Å²) in [5.74, 6) is 1.30. The zero-order chi connectivity index (χ0) is 30.6. The van der Waals surface area contributed by atoms with Crippen molar-refractivity contribution < 1.29 is 29.3 Å². The average Bonchev–Trinajstić information content (AvgIpc) is 3.83. The molecule has 3 aromatic carbocycles. The summed E-state index contributed by atoms with van der Waals surface area (Å²) in [4.78, 5) is 24.1. The minimum atomic E-state index is -0.698. The summed E-state index contributed by atoms with van der Waals surface area (Å²) in [5, 5.41) is 20.6. The molecule has 7 heteroatoms. The van der Waals surface area contributed by atoms with Crippen LogP contribution in [-0.4, -0.2) is 40.9 Å². The van der Waals surface area contributed by atoms with E-state index in [0.717, 1.165) is 55.6 Å². The van der Waals surface area contributed by atoms with E-state index in [1.54, 1.807) is 23.9 Å². The molecule has 1 saturated carbocycles. The SMILES string of the molecule is CCCc1c(OCCCOc2ccc(C(SCCCCc3ccccc3)C(C(=O)O)C3CC3)cc2)ccc(C(C)=O)c1O. The van der Waals surface area contributed by atoms with Crippen LogP contribution in [-0.2, 0) is 17.6 Å². The number of hydrogen-bond donors (Lipinski definition) is 2. The van der Waals surface area contributed by atoms with Crippen LogP contribution < -0.4 is 9.47 Å². The fraction of sp³-hybridized carbons (Fsp3) is 0.444. The maximum atomic E-state index is 12.3. The molecule has 0 radical (unpaired) electrons. The summed E-state index contributed by atoms with van der Waals surface area (Å²) in [6.45, 7) is 4.34. The summed E-state index contributed by atoms with van der Waals surface area (Å²) >= 11 is 1.78. The van der Waals surface area contributed by atoms with E-state index in [1.165, 1.54) is 12.5 Å². The minimum Gasteiger partial charge on any atom is -0.507 e. The molecule has 3 aromatic rings. The maximum Gasteiger partial charge on any atom is 0.308 e. The predicted molar refractivity (Wildman–Crippen MR) is 173 cm³/mol. The normalized spacial score (nSPS) is 14.2. The number of Topliss-reactive ketones (excluding diaryl/α,β-unsaturated/α-hetero) is 1. The average molecular weight is 605 g/mol. The molecular weight excluding hydrogens is 560 g/mol. The summed E-state index contributed by atoms with van der Waals surface area (Å²) in [6.07, 6.45) is 7.27. The lowest BCUT2D eigenvalue weighted by atomic mass is 9.94. The topological polar surface area (TPSA) is 93.1 Å². The lowest BCUT2D eigenvalue weighted by molar-refractivity contribution is -0.142. The lowest BCUT2D eigenvalue weighted by Gasteiger charge is -2.24. The third kappa shape index (κ3) is 9.52. The summed E-state index contributed by atoms with van der Waals surface area (Å²) in [5.41, 5.74) is 3.37. The highest BCUT2D eigenvalue weighted by atomic mass is 32.2. The Morgan fingerprint density at radius 3 is 2.28 bits per heavy atom. The van der Waals surface area contributed by atoms with Crippen LogP contribution in [0.25, 0.3) is 0 Å². The molecule has 0 bridgehead atoms. The molecule has 1 aliphatic carbocycles. The Kier molecular flexibility index (Phi) is 12.4. The molecule has 4 rings (SSSR count). The Bertz CT molecular complexity index is 1320. The molecule has 1 aliphatic rings. The van der Waals surface area contributed by atoms with Crippen LogP contribution in [0.1, 0.15) is 84.7 Å². The van der Waals surface area contributed by atoms with Crippen molar-refractivity contribution in [2.24, 2.45) is 11.8 Å².